The van der Waals surface area contributed by atoms with Crippen LogP contribution in [0.5, 0.6) is 0 Å². The molecule has 0 aromatic rings. The Bertz CT molecular complexity index is 124. The molecule has 1 N–H and O–H groups in total. The first-order chi connectivity index (χ1) is 4.72. The maximum absolute atomic E-state index is 11.4. The monoisotopic (exact) mass is 161 g/mol. The summed E-state index contributed by atoms with van der Waals surface area (Å²) in [6, 6.07) is 0. The van der Waals surface area contributed by atoms with E-state index < -0.39 is 10.8 Å². The summed E-state index contributed by atoms with van der Waals surface area (Å²) in [5.74, 6) is 0. The van der Waals surface area contributed by atoms with Crippen LogP contribution in [0.15, 0.2) is 0 Å². The van der Waals surface area contributed by atoms with Crippen LogP contribution < -0.4 is 5.32 Å². The summed E-state index contributed by atoms with van der Waals surface area (Å²) < 4.78 is 11.4. The van der Waals surface area contributed by atoms with Gasteiger partial charge in [-0.1, -0.05) is 6.92 Å². The summed E-state index contributed by atoms with van der Waals surface area (Å²) in [4.78, 5) is 0. The van der Waals surface area contributed by atoms with E-state index in [0.29, 0.717) is 10.5 Å². The van der Waals surface area contributed by atoms with Gasteiger partial charge in [0, 0.05) is 27.8 Å². The van der Waals surface area contributed by atoms with Crippen molar-refractivity contribution in [2.24, 2.45) is 0 Å². The van der Waals surface area contributed by atoms with E-state index in [2.05, 4.69) is 12.2 Å². The van der Waals surface area contributed by atoms with Crippen molar-refractivity contribution >= 4 is 10.8 Å². The van der Waals surface area contributed by atoms with Gasteiger partial charge in [-0.3, -0.25) is 4.21 Å². The minimum atomic E-state index is -0.610. The van der Waals surface area contributed by atoms with Crippen LogP contribution in [0.4, 0.5) is 0 Å². The Morgan fingerprint density at radius 3 is 2.80 bits per heavy atom. The zero-order chi connectivity index (χ0) is 7.56. The van der Waals surface area contributed by atoms with Gasteiger partial charge in [0.25, 0.3) is 0 Å². The fourth-order valence-corrected chi connectivity index (χ4v) is 2.63. The molecule has 0 bridgehead atoms. The van der Waals surface area contributed by atoms with E-state index in [0.717, 1.165) is 19.5 Å². The minimum Gasteiger partial charge on any atom is -0.316 e. The molecule has 3 heteroatoms. The van der Waals surface area contributed by atoms with Gasteiger partial charge in [0.1, 0.15) is 0 Å². The predicted octanol–water partition coefficient (Wildman–Crippen LogP) is 0.505. The standard InChI is InChI=1S/C7H15NOS/c1-6-3-4-8-5-7(2)10(6)9/h6-8H,3-5H2,1-2H3. The van der Waals surface area contributed by atoms with E-state index in [4.69, 9.17) is 0 Å². The molecule has 3 atom stereocenters. The van der Waals surface area contributed by atoms with E-state index in [9.17, 15) is 4.21 Å². The van der Waals surface area contributed by atoms with E-state index in [1.54, 1.807) is 0 Å². The van der Waals surface area contributed by atoms with E-state index in [1.165, 1.54) is 0 Å². The number of hydrogen-bond acceptors (Lipinski definition) is 2. The SMILES string of the molecule is CC1CCNCC(C)S1=O. The van der Waals surface area contributed by atoms with E-state index in [-0.39, 0.29) is 0 Å². The summed E-state index contributed by atoms with van der Waals surface area (Å²) >= 11 is 0. The van der Waals surface area contributed by atoms with Gasteiger partial charge in [0.15, 0.2) is 0 Å². The zero-order valence-corrected chi connectivity index (χ0v) is 7.41. The lowest BCUT2D eigenvalue weighted by Crippen LogP contribution is -2.25. The highest BCUT2D eigenvalue weighted by atomic mass is 32.2. The van der Waals surface area contributed by atoms with Crippen molar-refractivity contribution in [3.05, 3.63) is 0 Å². The Morgan fingerprint density at radius 2 is 2.10 bits per heavy atom. The van der Waals surface area contributed by atoms with Crippen molar-refractivity contribution in [1.82, 2.24) is 5.32 Å². The fourth-order valence-electron chi connectivity index (χ4n) is 1.21. The van der Waals surface area contributed by atoms with Crippen molar-refractivity contribution in [1.29, 1.82) is 0 Å². The van der Waals surface area contributed by atoms with Gasteiger partial charge in [-0.2, -0.15) is 0 Å². The van der Waals surface area contributed by atoms with Crippen molar-refractivity contribution in [3.63, 3.8) is 0 Å². The lowest BCUT2D eigenvalue weighted by molar-refractivity contribution is 0.665. The summed E-state index contributed by atoms with van der Waals surface area (Å²) in [6.07, 6.45) is 1.05. The molecule has 1 heterocycles. The third-order valence-corrected chi connectivity index (χ3v) is 3.94. The van der Waals surface area contributed by atoms with Crippen molar-refractivity contribution < 1.29 is 4.21 Å². The Hall–Kier alpha value is 0.110. The lowest BCUT2D eigenvalue weighted by atomic mass is 10.3. The molecule has 0 aromatic carbocycles. The Kier molecular flexibility index (Phi) is 2.86. The molecule has 3 unspecified atom stereocenters. The average molecular weight is 161 g/mol. The average Bonchev–Trinajstić information content (AvgIpc) is 2.04. The summed E-state index contributed by atoms with van der Waals surface area (Å²) in [5, 5.41) is 3.98. The molecule has 0 amide bonds. The van der Waals surface area contributed by atoms with Crippen molar-refractivity contribution in [2.45, 2.75) is 30.8 Å². The molecule has 10 heavy (non-hydrogen) atoms. The highest BCUT2D eigenvalue weighted by Gasteiger charge is 2.20. The summed E-state index contributed by atoms with van der Waals surface area (Å²) in [7, 11) is -0.610. The lowest BCUT2D eigenvalue weighted by Gasteiger charge is -2.10. The molecule has 1 aliphatic heterocycles. The fraction of sp³-hybridized carbons (Fsp3) is 1.00. The molecule has 1 fully saturated rings. The summed E-state index contributed by atoms with van der Waals surface area (Å²) in [6.45, 7) is 6.05. The second kappa shape index (κ2) is 3.49. The van der Waals surface area contributed by atoms with Crippen molar-refractivity contribution in [2.75, 3.05) is 13.1 Å². The first-order valence-electron chi connectivity index (χ1n) is 3.82. The van der Waals surface area contributed by atoms with Crippen LogP contribution in [0.2, 0.25) is 0 Å². The first kappa shape index (κ1) is 8.21. The molecular weight excluding hydrogens is 146 g/mol. The van der Waals surface area contributed by atoms with Gasteiger partial charge < -0.3 is 5.32 Å². The number of nitrogens with one attached hydrogen (secondary N) is 1. The van der Waals surface area contributed by atoms with Crippen molar-refractivity contribution in [3.8, 4) is 0 Å². The number of rotatable bonds is 0. The van der Waals surface area contributed by atoms with Gasteiger partial charge in [0.2, 0.25) is 0 Å². The maximum atomic E-state index is 11.4. The minimum absolute atomic E-state index is 0.331. The van der Waals surface area contributed by atoms with Crippen LogP contribution in [0, 0.1) is 0 Å². The quantitative estimate of drug-likeness (QED) is 0.561. The van der Waals surface area contributed by atoms with Crippen LogP contribution in [0.1, 0.15) is 20.3 Å². The molecule has 2 nitrogen and oxygen atoms in total. The largest absolute Gasteiger partial charge is 0.316 e. The third-order valence-electron chi connectivity index (χ3n) is 1.95. The Morgan fingerprint density at radius 1 is 1.40 bits per heavy atom. The van der Waals surface area contributed by atoms with E-state index >= 15 is 0 Å². The second-order valence-corrected chi connectivity index (χ2v) is 5.21. The van der Waals surface area contributed by atoms with Crippen LogP contribution >= 0.6 is 0 Å². The van der Waals surface area contributed by atoms with Gasteiger partial charge in [-0.05, 0) is 19.9 Å². The molecule has 0 spiro atoms. The topological polar surface area (TPSA) is 29.1 Å². The van der Waals surface area contributed by atoms with Gasteiger partial charge >= 0.3 is 0 Å². The van der Waals surface area contributed by atoms with Crippen LogP contribution in [0.25, 0.3) is 0 Å². The normalized spacial score (nSPS) is 42.8. The van der Waals surface area contributed by atoms with Gasteiger partial charge in [-0.15, -0.1) is 0 Å². The molecule has 0 radical (unpaired) electrons. The zero-order valence-electron chi connectivity index (χ0n) is 6.59. The van der Waals surface area contributed by atoms with Crippen LogP contribution in [-0.2, 0) is 10.8 Å². The summed E-state index contributed by atoms with van der Waals surface area (Å²) in [5.41, 5.74) is 0. The Balaban J connectivity index is 2.55. The molecule has 0 aromatic heterocycles. The molecule has 60 valence electrons. The van der Waals surface area contributed by atoms with Gasteiger partial charge in [0.05, 0.1) is 0 Å². The molecule has 0 saturated carbocycles. The first-order valence-corrected chi connectivity index (χ1v) is 5.09. The molecule has 1 saturated heterocycles. The molecule has 1 aliphatic rings. The van der Waals surface area contributed by atoms with Gasteiger partial charge in [-0.25, -0.2) is 0 Å². The molecule has 0 aliphatic carbocycles. The van der Waals surface area contributed by atoms with Crippen LogP contribution in [-0.4, -0.2) is 27.8 Å². The molecule has 1 rings (SSSR count). The smallest absolute Gasteiger partial charge is 0.0447 e. The third kappa shape index (κ3) is 1.80. The van der Waals surface area contributed by atoms with Crippen LogP contribution in [0.3, 0.4) is 0 Å². The second-order valence-electron chi connectivity index (χ2n) is 2.94. The number of hydrogen-bond donors (Lipinski definition) is 1. The highest BCUT2D eigenvalue weighted by molar-refractivity contribution is 7.86. The maximum Gasteiger partial charge on any atom is 0.0447 e. The predicted molar refractivity (Wildman–Crippen MR) is 44.6 cm³/mol. The Labute approximate surface area is 64.8 Å². The molecular formula is C7H15NOS. The highest BCUT2D eigenvalue weighted by Crippen LogP contribution is 2.09. The van der Waals surface area contributed by atoms with E-state index in [1.807, 2.05) is 6.92 Å².